The first-order chi connectivity index (χ1) is 12.6. The molecule has 0 aliphatic heterocycles. The van der Waals surface area contributed by atoms with E-state index in [4.69, 9.17) is 4.43 Å². The van der Waals surface area contributed by atoms with E-state index in [0.717, 1.165) is 24.2 Å². The second-order valence-corrected chi connectivity index (χ2v) is 20.3. The zero-order valence-electron chi connectivity index (χ0n) is 19.6. The summed E-state index contributed by atoms with van der Waals surface area (Å²) >= 11 is 0. The normalized spacial score (nSPS) is 32.5. The summed E-state index contributed by atoms with van der Waals surface area (Å²) < 4.78 is 7.08. The van der Waals surface area contributed by atoms with Crippen molar-refractivity contribution in [2.75, 3.05) is 0 Å². The quantitative estimate of drug-likeness (QED) is 0.314. The van der Waals surface area contributed by atoms with Gasteiger partial charge in [0.25, 0.3) is 0 Å². The van der Waals surface area contributed by atoms with Crippen molar-refractivity contribution in [2.24, 2.45) is 23.2 Å². The molecule has 0 N–H and O–H groups in total. The van der Waals surface area contributed by atoms with E-state index < -0.39 is 16.4 Å². The Kier molecular flexibility index (Phi) is 7.90. The van der Waals surface area contributed by atoms with Crippen molar-refractivity contribution >= 4 is 16.4 Å². The van der Waals surface area contributed by atoms with Gasteiger partial charge in [-0.1, -0.05) is 60.7 Å². The summed E-state index contributed by atoms with van der Waals surface area (Å²) in [7, 11) is -2.75. The fraction of sp³-hybridized carbons (Fsp3) is 0.917. The Morgan fingerprint density at radius 2 is 1.67 bits per heavy atom. The molecule has 0 amide bonds. The van der Waals surface area contributed by atoms with Crippen molar-refractivity contribution < 1.29 is 4.43 Å². The molecule has 2 rings (SSSR count). The van der Waals surface area contributed by atoms with Gasteiger partial charge in [0.05, 0.1) is 0 Å². The minimum atomic E-state index is -1.51. The second kappa shape index (κ2) is 9.18. The number of hydrogen-bond donors (Lipinski definition) is 0. The lowest BCUT2D eigenvalue weighted by Gasteiger charge is -2.48. The third kappa shape index (κ3) is 5.31. The molecule has 2 fully saturated rings. The summed E-state index contributed by atoms with van der Waals surface area (Å²) in [6, 6.07) is 3.85. The number of rotatable bonds is 7. The standard InChI is InChI=1S/C24H46OSi2/c1-9-27(10-2,11-3)25-23-15-12-18-24(5)21(16-17-22(23)24)20(4)14-13-19-26(6,7)8/h20-23H,9-12,14-18H2,1-8H3/t20-,21-,22+,23+,24-/m1/s1. The molecule has 2 aliphatic rings. The van der Waals surface area contributed by atoms with Gasteiger partial charge in [-0.25, -0.2) is 0 Å². The maximum Gasteiger partial charge on any atom is 0.192 e. The van der Waals surface area contributed by atoms with Crippen molar-refractivity contribution in [1.82, 2.24) is 0 Å². The molecular weight excluding hydrogens is 360 g/mol. The Hall–Kier alpha value is -0.0462. The first-order valence-corrected chi connectivity index (χ1v) is 17.8. The monoisotopic (exact) mass is 406 g/mol. The largest absolute Gasteiger partial charge is 0.414 e. The molecule has 3 heteroatoms. The van der Waals surface area contributed by atoms with Crippen LogP contribution in [0.2, 0.25) is 37.8 Å². The number of hydrogen-bond acceptors (Lipinski definition) is 1. The van der Waals surface area contributed by atoms with Crippen LogP contribution < -0.4 is 0 Å². The summed E-state index contributed by atoms with van der Waals surface area (Å²) in [6.45, 7) is 19.3. The lowest BCUT2D eigenvalue weighted by atomic mass is 9.61. The van der Waals surface area contributed by atoms with E-state index in [0.29, 0.717) is 11.5 Å². The highest BCUT2D eigenvalue weighted by atomic mass is 28.4. The SMILES string of the molecule is CC[Si](CC)(CC)O[C@H]1CCC[C@]2(C)[C@@H]([C@H](C)CC#C[Si](C)(C)C)CC[C@@H]12. The molecule has 27 heavy (non-hydrogen) atoms. The van der Waals surface area contributed by atoms with Gasteiger partial charge in [-0.15, -0.1) is 11.5 Å². The van der Waals surface area contributed by atoms with Crippen LogP contribution in [-0.2, 0) is 4.43 Å². The molecule has 1 nitrogen and oxygen atoms in total. The smallest absolute Gasteiger partial charge is 0.192 e. The molecule has 0 aromatic carbocycles. The minimum Gasteiger partial charge on any atom is -0.414 e. The van der Waals surface area contributed by atoms with Crippen molar-refractivity contribution in [3.05, 3.63) is 0 Å². The third-order valence-corrected chi connectivity index (χ3v) is 13.6. The van der Waals surface area contributed by atoms with Gasteiger partial charge < -0.3 is 4.43 Å². The molecule has 0 aromatic rings. The van der Waals surface area contributed by atoms with Crippen LogP contribution in [0.1, 0.15) is 73.1 Å². The highest BCUT2D eigenvalue weighted by molar-refractivity contribution is 6.83. The summed E-state index contributed by atoms with van der Waals surface area (Å²) in [5.74, 6) is 5.94. The minimum absolute atomic E-state index is 0.485. The second-order valence-electron chi connectivity index (χ2n) is 10.8. The van der Waals surface area contributed by atoms with Crippen molar-refractivity contribution in [3.8, 4) is 11.5 Å². The van der Waals surface area contributed by atoms with E-state index in [1.54, 1.807) is 0 Å². The topological polar surface area (TPSA) is 9.23 Å². The molecule has 5 atom stereocenters. The molecule has 0 aromatic heterocycles. The van der Waals surface area contributed by atoms with Crippen LogP contribution in [0.5, 0.6) is 0 Å². The predicted molar refractivity (Wildman–Crippen MR) is 125 cm³/mol. The molecule has 0 radical (unpaired) electrons. The molecule has 156 valence electrons. The Bertz CT molecular complexity index is 529. The maximum atomic E-state index is 7.08. The van der Waals surface area contributed by atoms with Gasteiger partial charge >= 0.3 is 0 Å². The van der Waals surface area contributed by atoms with E-state index in [9.17, 15) is 0 Å². The van der Waals surface area contributed by atoms with Crippen LogP contribution in [0.4, 0.5) is 0 Å². The highest BCUT2D eigenvalue weighted by Crippen LogP contribution is 2.59. The summed E-state index contributed by atoms with van der Waals surface area (Å²) in [5, 5.41) is 0. The summed E-state index contributed by atoms with van der Waals surface area (Å²) in [5.41, 5.74) is 4.08. The van der Waals surface area contributed by atoms with Gasteiger partial charge in [0.2, 0.25) is 0 Å². The first kappa shape index (κ1) is 23.2. The maximum absolute atomic E-state index is 7.08. The highest BCUT2D eigenvalue weighted by Gasteiger charge is 2.53. The van der Waals surface area contributed by atoms with Crippen LogP contribution in [0.15, 0.2) is 0 Å². The Balaban J connectivity index is 2.11. The Morgan fingerprint density at radius 3 is 2.22 bits per heavy atom. The molecule has 2 aliphatic carbocycles. The van der Waals surface area contributed by atoms with Gasteiger partial charge in [-0.05, 0) is 67.0 Å². The van der Waals surface area contributed by atoms with E-state index in [-0.39, 0.29) is 0 Å². The Morgan fingerprint density at radius 1 is 1.04 bits per heavy atom. The average molecular weight is 407 g/mol. The Labute approximate surface area is 172 Å². The fourth-order valence-electron chi connectivity index (χ4n) is 6.18. The van der Waals surface area contributed by atoms with E-state index >= 15 is 0 Å². The van der Waals surface area contributed by atoms with Crippen molar-refractivity contribution in [1.29, 1.82) is 0 Å². The zero-order valence-corrected chi connectivity index (χ0v) is 21.6. The van der Waals surface area contributed by atoms with Gasteiger partial charge in [0.15, 0.2) is 8.32 Å². The van der Waals surface area contributed by atoms with Gasteiger partial charge in [-0.3, -0.25) is 0 Å². The zero-order chi connectivity index (χ0) is 20.3. The van der Waals surface area contributed by atoms with Crippen LogP contribution in [0.3, 0.4) is 0 Å². The van der Waals surface area contributed by atoms with Crippen LogP contribution in [0.25, 0.3) is 0 Å². The van der Waals surface area contributed by atoms with Crippen molar-refractivity contribution in [2.45, 2.75) is 117 Å². The van der Waals surface area contributed by atoms with Crippen LogP contribution >= 0.6 is 0 Å². The predicted octanol–water partition coefficient (Wildman–Crippen LogP) is 7.50. The van der Waals surface area contributed by atoms with Gasteiger partial charge in [0.1, 0.15) is 8.07 Å². The third-order valence-electron chi connectivity index (χ3n) is 8.04. The van der Waals surface area contributed by atoms with Crippen molar-refractivity contribution in [3.63, 3.8) is 0 Å². The lowest BCUT2D eigenvalue weighted by Crippen LogP contribution is -2.48. The van der Waals surface area contributed by atoms with Gasteiger partial charge in [0, 0.05) is 12.5 Å². The van der Waals surface area contributed by atoms with Gasteiger partial charge in [-0.2, -0.15) is 0 Å². The molecule has 0 unspecified atom stereocenters. The molecule has 0 heterocycles. The average Bonchev–Trinajstić information content (AvgIpc) is 2.96. The van der Waals surface area contributed by atoms with Crippen LogP contribution in [-0.4, -0.2) is 22.5 Å². The summed E-state index contributed by atoms with van der Waals surface area (Å²) in [6.07, 6.45) is 8.51. The number of fused-ring (bicyclic) bond motifs is 1. The lowest BCUT2D eigenvalue weighted by molar-refractivity contribution is -0.0188. The molecule has 0 spiro atoms. The van der Waals surface area contributed by atoms with E-state index in [2.05, 4.69) is 65.7 Å². The fourth-order valence-corrected chi connectivity index (χ4v) is 9.73. The van der Waals surface area contributed by atoms with E-state index in [1.807, 2.05) is 0 Å². The molecule has 2 saturated carbocycles. The molecule has 0 bridgehead atoms. The summed E-state index contributed by atoms with van der Waals surface area (Å²) in [4.78, 5) is 0. The van der Waals surface area contributed by atoms with Crippen LogP contribution in [0, 0.1) is 34.6 Å². The molecule has 0 saturated heterocycles. The molecular formula is C24H46OSi2. The first-order valence-electron chi connectivity index (χ1n) is 11.8. The van der Waals surface area contributed by atoms with E-state index in [1.165, 1.54) is 50.2 Å².